The van der Waals surface area contributed by atoms with Crippen LogP contribution in [-0.4, -0.2) is 40.6 Å². The van der Waals surface area contributed by atoms with Crippen molar-refractivity contribution in [2.24, 2.45) is 0 Å². The fourth-order valence-corrected chi connectivity index (χ4v) is 5.49. The summed E-state index contributed by atoms with van der Waals surface area (Å²) in [5.74, 6) is -0.245. The Labute approximate surface area is 250 Å². The Morgan fingerprint density at radius 2 is 1.81 bits per heavy atom. The number of carbonyl (C=O) groups excluding carboxylic acids is 3. The summed E-state index contributed by atoms with van der Waals surface area (Å²) in [7, 11) is 1.60. The summed E-state index contributed by atoms with van der Waals surface area (Å²) in [5.41, 5.74) is 2.42. The van der Waals surface area contributed by atoms with Gasteiger partial charge in [-0.15, -0.1) is 11.8 Å². The third-order valence-electron chi connectivity index (χ3n) is 5.83. The zero-order valence-corrected chi connectivity index (χ0v) is 24.0. The monoisotopic (exact) mass is 595 g/mol. The lowest BCUT2D eigenvalue weighted by Gasteiger charge is -2.12. The number of anilines is 2. The number of carbonyl (C=O) groups is 3. The van der Waals surface area contributed by atoms with Gasteiger partial charge in [-0.3, -0.25) is 19.4 Å². The largest absolute Gasteiger partial charge is 0.497 e. The Balaban J connectivity index is 1.23. The molecule has 2 aromatic heterocycles. The molecule has 0 radical (unpaired) electrons. The lowest BCUT2D eigenvalue weighted by molar-refractivity contribution is -0.114. The number of methoxy groups -OCH3 is 1. The molecule has 3 N–H and O–H groups in total. The van der Waals surface area contributed by atoms with Crippen molar-refractivity contribution in [3.63, 3.8) is 0 Å². The lowest BCUT2D eigenvalue weighted by atomic mass is 10.2. The molecule has 5 rings (SSSR count). The second kappa shape index (κ2) is 13.6. The van der Waals surface area contributed by atoms with Crippen LogP contribution in [0.1, 0.15) is 15.9 Å². The number of hydrogen-bond acceptors (Lipinski definition) is 8. The fourth-order valence-electron chi connectivity index (χ4n) is 3.82. The smallest absolute Gasteiger partial charge is 0.272 e. The molecule has 11 heteroatoms. The van der Waals surface area contributed by atoms with Crippen LogP contribution >= 0.6 is 23.1 Å². The van der Waals surface area contributed by atoms with Gasteiger partial charge in [0.25, 0.3) is 11.8 Å². The topological polar surface area (TPSA) is 122 Å². The predicted molar refractivity (Wildman–Crippen MR) is 167 cm³/mol. The molecule has 0 spiro atoms. The standard InChI is InChI=1S/C31H25N5O4S2/c1-40-23-12-13-25-27(17-23)42-31(35-25)36-28(37)19-41-24-11-5-10-22(16-24)33-30(39)26(15-20-7-6-14-32-18-20)34-29(38)21-8-3-2-4-9-21/h2-18H,19H2,1H3,(H,33,39)(H,34,38)(H,35,36,37)/b26-15-. The summed E-state index contributed by atoms with van der Waals surface area (Å²) in [6.45, 7) is 0. The number of pyridine rings is 1. The van der Waals surface area contributed by atoms with Crippen molar-refractivity contribution in [1.29, 1.82) is 0 Å². The summed E-state index contributed by atoms with van der Waals surface area (Å²) < 4.78 is 6.16. The van der Waals surface area contributed by atoms with Crippen LogP contribution in [0.5, 0.6) is 5.75 Å². The molecule has 0 bridgehead atoms. The van der Waals surface area contributed by atoms with E-state index in [1.54, 1.807) is 80.2 Å². The number of benzene rings is 3. The van der Waals surface area contributed by atoms with E-state index in [4.69, 9.17) is 4.74 Å². The molecule has 5 aromatic rings. The van der Waals surface area contributed by atoms with Gasteiger partial charge >= 0.3 is 0 Å². The average molecular weight is 596 g/mol. The fraction of sp³-hybridized carbons (Fsp3) is 0.0645. The van der Waals surface area contributed by atoms with E-state index >= 15 is 0 Å². The first-order chi connectivity index (χ1) is 20.5. The highest BCUT2D eigenvalue weighted by molar-refractivity contribution is 8.00. The van der Waals surface area contributed by atoms with Crippen LogP contribution in [0.3, 0.4) is 0 Å². The second-order valence-electron chi connectivity index (χ2n) is 8.84. The SMILES string of the molecule is COc1ccc2nc(NC(=O)CSc3cccc(NC(=O)/C(=C/c4cccnc4)NC(=O)c4ccccc4)c3)sc2c1. The van der Waals surface area contributed by atoms with Gasteiger partial charge in [0.1, 0.15) is 11.4 Å². The van der Waals surface area contributed by atoms with Crippen LogP contribution < -0.4 is 20.7 Å². The van der Waals surface area contributed by atoms with Gasteiger partial charge in [0.15, 0.2) is 5.13 Å². The molecule has 0 aliphatic heterocycles. The Morgan fingerprint density at radius 3 is 2.60 bits per heavy atom. The Morgan fingerprint density at radius 1 is 0.952 bits per heavy atom. The molecule has 3 aromatic carbocycles. The van der Waals surface area contributed by atoms with E-state index in [9.17, 15) is 14.4 Å². The summed E-state index contributed by atoms with van der Waals surface area (Å²) in [4.78, 5) is 48.0. The average Bonchev–Trinajstić information content (AvgIpc) is 3.42. The summed E-state index contributed by atoms with van der Waals surface area (Å²) in [5, 5.41) is 8.89. The number of aromatic nitrogens is 2. The first kappa shape index (κ1) is 28.5. The number of fused-ring (bicyclic) bond motifs is 1. The number of hydrogen-bond donors (Lipinski definition) is 3. The number of ether oxygens (including phenoxy) is 1. The molecular formula is C31H25N5O4S2. The van der Waals surface area contributed by atoms with Gasteiger partial charge < -0.3 is 20.7 Å². The minimum absolute atomic E-state index is 0.0581. The first-order valence-electron chi connectivity index (χ1n) is 12.7. The molecule has 0 aliphatic rings. The molecule has 0 saturated heterocycles. The van der Waals surface area contributed by atoms with Crippen molar-refractivity contribution in [3.8, 4) is 5.75 Å². The Hall–Kier alpha value is -5.00. The quantitative estimate of drug-likeness (QED) is 0.137. The minimum Gasteiger partial charge on any atom is -0.497 e. The third kappa shape index (κ3) is 7.59. The molecule has 0 aliphatic carbocycles. The van der Waals surface area contributed by atoms with Gasteiger partial charge in [-0.05, 0) is 66.2 Å². The molecule has 42 heavy (non-hydrogen) atoms. The van der Waals surface area contributed by atoms with E-state index in [-0.39, 0.29) is 17.4 Å². The lowest BCUT2D eigenvalue weighted by Crippen LogP contribution is -2.30. The summed E-state index contributed by atoms with van der Waals surface area (Å²) >= 11 is 2.69. The van der Waals surface area contributed by atoms with Crippen molar-refractivity contribution < 1.29 is 19.1 Å². The molecule has 0 unspecified atom stereocenters. The number of thiazole rings is 1. The first-order valence-corrected chi connectivity index (χ1v) is 14.5. The molecule has 2 heterocycles. The number of nitrogens with zero attached hydrogens (tertiary/aromatic N) is 2. The highest BCUT2D eigenvalue weighted by Gasteiger charge is 2.16. The number of thioether (sulfide) groups is 1. The van der Waals surface area contributed by atoms with E-state index in [0.29, 0.717) is 21.9 Å². The molecule has 0 atom stereocenters. The zero-order chi connectivity index (χ0) is 29.3. The highest BCUT2D eigenvalue weighted by Crippen LogP contribution is 2.29. The summed E-state index contributed by atoms with van der Waals surface area (Å²) in [6, 6.07) is 24.8. The van der Waals surface area contributed by atoms with Gasteiger partial charge in [0, 0.05) is 28.5 Å². The van der Waals surface area contributed by atoms with Crippen LogP contribution in [0.25, 0.3) is 16.3 Å². The van der Waals surface area contributed by atoms with Crippen molar-refractivity contribution >= 4 is 67.9 Å². The van der Waals surface area contributed by atoms with Crippen molar-refractivity contribution in [2.45, 2.75) is 4.90 Å². The van der Waals surface area contributed by atoms with Gasteiger partial charge in [-0.1, -0.05) is 41.7 Å². The molecule has 0 fully saturated rings. The van der Waals surface area contributed by atoms with Crippen LogP contribution in [-0.2, 0) is 9.59 Å². The van der Waals surface area contributed by atoms with Gasteiger partial charge in [-0.25, -0.2) is 4.98 Å². The van der Waals surface area contributed by atoms with Crippen molar-refractivity contribution in [3.05, 3.63) is 114 Å². The van der Waals surface area contributed by atoms with Gasteiger partial charge in [0.05, 0.1) is 23.1 Å². The molecule has 0 saturated carbocycles. The van der Waals surface area contributed by atoms with Gasteiger partial charge in [0.2, 0.25) is 5.91 Å². The van der Waals surface area contributed by atoms with E-state index in [1.807, 2.05) is 30.3 Å². The summed E-state index contributed by atoms with van der Waals surface area (Å²) in [6.07, 6.45) is 4.78. The number of nitrogens with one attached hydrogen (secondary N) is 3. The van der Waals surface area contributed by atoms with Gasteiger partial charge in [-0.2, -0.15) is 0 Å². The van der Waals surface area contributed by atoms with E-state index < -0.39 is 11.8 Å². The third-order valence-corrected chi connectivity index (χ3v) is 7.76. The molecule has 210 valence electrons. The maximum absolute atomic E-state index is 13.3. The number of rotatable bonds is 10. The maximum atomic E-state index is 13.3. The normalized spacial score (nSPS) is 11.1. The van der Waals surface area contributed by atoms with Crippen molar-refractivity contribution in [1.82, 2.24) is 15.3 Å². The second-order valence-corrected chi connectivity index (χ2v) is 10.9. The minimum atomic E-state index is -0.504. The molecular weight excluding hydrogens is 571 g/mol. The van der Waals surface area contributed by atoms with E-state index in [1.165, 1.54) is 23.1 Å². The molecule has 3 amide bonds. The highest BCUT2D eigenvalue weighted by atomic mass is 32.2. The maximum Gasteiger partial charge on any atom is 0.272 e. The van der Waals surface area contributed by atoms with Crippen LogP contribution in [0.4, 0.5) is 10.8 Å². The predicted octanol–water partition coefficient (Wildman–Crippen LogP) is 5.84. The Bertz CT molecular complexity index is 1760. The van der Waals surface area contributed by atoms with Crippen LogP contribution in [0.15, 0.2) is 108 Å². The molecule has 9 nitrogen and oxygen atoms in total. The van der Waals surface area contributed by atoms with E-state index in [0.717, 1.165) is 20.9 Å². The van der Waals surface area contributed by atoms with Crippen LogP contribution in [0, 0.1) is 0 Å². The Kier molecular flexibility index (Phi) is 9.22. The zero-order valence-electron chi connectivity index (χ0n) is 22.4. The van der Waals surface area contributed by atoms with Crippen molar-refractivity contribution in [2.75, 3.05) is 23.5 Å². The number of amides is 3. The van der Waals surface area contributed by atoms with Crippen LogP contribution in [0.2, 0.25) is 0 Å². The van der Waals surface area contributed by atoms with E-state index in [2.05, 4.69) is 25.9 Å².